The first kappa shape index (κ1) is 16.3. The summed E-state index contributed by atoms with van der Waals surface area (Å²) in [4.78, 5) is 11.8. The van der Waals surface area contributed by atoms with E-state index in [2.05, 4.69) is 17.6 Å². The number of anilines is 1. The zero-order chi connectivity index (χ0) is 14.8. The Morgan fingerprint density at radius 1 is 1.35 bits per heavy atom. The van der Waals surface area contributed by atoms with Gasteiger partial charge in [-0.1, -0.05) is 32.4 Å². The number of carbonyl (C=O) groups is 1. The minimum absolute atomic E-state index is 0.0709. The number of aliphatic hydroxyl groups is 1. The van der Waals surface area contributed by atoms with Crippen LogP contribution < -0.4 is 15.4 Å². The quantitative estimate of drug-likeness (QED) is 0.641. The van der Waals surface area contributed by atoms with E-state index < -0.39 is 0 Å². The van der Waals surface area contributed by atoms with Crippen molar-refractivity contribution in [2.24, 2.45) is 0 Å². The summed E-state index contributed by atoms with van der Waals surface area (Å²) in [7, 11) is 0. The van der Waals surface area contributed by atoms with E-state index in [1.54, 1.807) is 6.07 Å². The van der Waals surface area contributed by atoms with E-state index in [0.29, 0.717) is 24.5 Å². The maximum Gasteiger partial charge on any atom is 0.319 e. The third-order valence-corrected chi connectivity index (χ3v) is 2.94. The average Bonchev–Trinajstić information content (AvgIpc) is 2.46. The molecule has 112 valence electrons. The van der Waals surface area contributed by atoms with Gasteiger partial charge in [-0.2, -0.15) is 0 Å². The number of urea groups is 1. The predicted octanol–water partition coefficient (Wildman–Crippen LogP) is 2.76. The van der Waals surface area contributed by atoms with Crippen LogP contribution in [0.2, 0.25) is 0 Å². The number of hydrogen-bond donors (Lipinski definition) is 3. The van der Waals surface area contributed by atoms with Gasteiger partial charge in [0.15, 0.2) is 0 Å². The summed E-state index contributed by atoms with van der Waals surface area (Å²) in [5, 5.41) is 14.5. The van der Waals surface area contributed by atoms with Crippen molar-refractivity contribution in [1.29, 1.82) is 0 Å². The molecule has 0 fully saturated rings. The van der Waals surface area contributed by atoms with E-state index in [1.807, 2.05) is 25.1 Å². The van der Waals surface area contributed by atoms with Gasteiger partial charge >= 0.3 is 6.03 Å². The monoisotopic (exact) mass is 280 g/mol. The molecule has 2 amide bonds. The number of rotatable bonds is 8. The second kappa shape index (κ2) is 9.20. The van der Waals surface area contributed by atoms with Crippen molar-refractivity contribution in [2.75, 3.05) is 18.5 Å². The van der Waals surface area contributed by atoms with Gasteiger partial charge in [-0.3, -0.25) is 0 Å². The number of hydrogen-bond acceptors (Lipinski definition) is 3. The number of unbranched alkanes of at least 4 members (excludes halogenated alkanes) is 1. The standard InChI is InChI=1S/C15H24N2O3/c1-3-5-10-20-14-9-7-6-8-13(14)17-15(19)16-12(4-2)11-18/h6-9,12,18H,3-5,10-11H2,1-2H3,(H2,16,17,19). The van der Waals surface area contributed by atoms with Gasteiger partial charge in [0.25, 0.3) is 0 Å². The SMILES string of the molecule is CCCCOc1ccccc1NC(=O)NC(CC)CO. The van der Waals surface area contributed by atoms with Crippen molar-refractivity contribution >= 4 is 11.7 Å². The van der Waals surface area contributed by atoms with Crippen molar-refractivity contribution < 1.29 is 14.6 Å². The zero-order valence-electron chi connectivity index (χ0n) is 12.2. The number of nitrogens with one attached hydrogen (secondary N) is 2. The van der Waals surface area contributed by atoms with Crippen LogP contribution in [0.15, 0.2) is 24.3 Å². The number of para-hydroxylation sites is 2. The van der Waals surface area contributed by atoms with Gasteiger partial charge in [0.2, 0.25) is 0 Å². The first-order valence-corrected chi connectivity index (χ1v) is 7.11. The highest BCUT2D eigenvalue weighted by molar-refractivity contribution is 5.91. The second-order valence-electron chi connectivity index (χ2n) is 4.58. The molecule has 3 N–H and O–H groups in total. The van der Waals surface area contributed by atoms with Gasteiger partial charge in [0.1, 0.15) is 5.75 Å². The number of benzene rings is 1. The predicted molar refractivity (Wildman–Crippen MR) is 80.2 cm³/mol. The van der Waals surface area contributed by atoms with Crippen molar-refractivity contribution in [3.05, 3.63) is 24.3 Å². The molecular weight excluding hydrogens is 256 g/mol. The largest absolute Gasteiger partial charge is 0.491 e. The van der Waals surface area contributed by atoms with Crippen LogP contribution in [0.4, 0.5) is 10.5 Å². The van der Waals surface area contributed by atoms with Gasteiger partial charge in [-0.15, -0.1) is 0 Å². The molecule has 0 aliphatic heterocycles. The Morgan fingerprint density at radius 3 is 2.75 bits per heavy atom. The molecule has 5 nitrogen and oxygen atoms in total. The van der Waals surface area contributed by atoms with Crippen LogP contribution >= 0.6 is 0 Å². The molecule has 0 heterocycles. The molecule has 20 heavy (non-hydrogen) atoms. The van der Waals surface area contributed by atoms with Crippen LogP contribution in [-0.4, -0.2) is 30.4 Å². The highest BCUT2D eigenvalue weighted by Crippen LogP contribution is 2.23. The molecule has 5 heteroatoms. The summed E-state index contributed by atoms with van der Waals surface area (Å²) in [6.07, 6.45) is 2.71. The van der Waals surface area contributed by atoms with E-state index in [-0.39, 0.29) is 18.7 Å². The van der Waals surface area contributed by atoms with Crippen LogP contribution in [0.3, 0.4) is 0 Å². The van der Waals surface area contributed by atoms with Crippen molar-refractivity contribution in [3.63, 3.8) is 0 Å². The van der Waals surface area contributed by atoms with Crippen LogP contribution in [0, 0.1) is 0 Å². The molecule has 1 aromatic carbocycles. The lowest BCUT2D eigenvalue weighted by Gasteiger charge is -2.16. The minimum Gasteiger partial charge on any atom is -0.491 e. The average molecular weight is 280 g/mol. The molecule has 0 aliphatic carbocycles. The zero-order valence-corrected chi connectivity index (χ0v) is 12.2. The summed E-state index contributed by atoms with van der Waals surface area (Å²) in [5.74, 6) is 0.660. The summed E-state index contributed by atoms with van der Waals surface area (Å²) < 4.78 is 5.64. The maximum atomic E-state index is 11.8. The summed E-state index contributed by atoms with van der Waals surface area (Å²) in [6, 6.07) is 6.76. The summed E-state index contributed by atoms with van der Waals surface area (Å²) in [5.41, 5.74) is 0.633. The molecule has 0 radical (unpaired) electrons. The Morgan fingerprint density at radius 2 is 2.10 bits per heavy atom. The Bertz CT molecular complexity index is 406. The van der Waals surface area contributed by atoms with E-state index in [0.717, 1.165) is 12.8 Å². The van der Waals surface area contributed by atoms with Crippen LogP contribution in [-0.2, 0) is 0 Å². The minimum atomic E-state index is -0.336. The Labute approximate surface area is 120 Å². The normalized spacial score (nSPS) is 11.8. The lowest BCUT2D eigenvalue weighted by Crippen LogP contribution is -2.39. The van der Waals surface area contributed by atoms with E-state index >= 15 is 0 Å². The van der Waals surface area contributed by atoms with Crippen LogP contribution in [0.1, 0.15) is 33.1 Å². The molecule has 0 aliphatic rings. The lowest BCUT2D eigenvalue weighted by atomic mass is 10.2. The molecule has 1 aromatic rings. The van der Waals surface area contributed by atoms with Crippen molar-refractivity contribution in [3.8, 4) is 5.75 Å². The number of carbonyl (C=O) groups excluding carboxylic acids is 1. The molecule has 0 aromatic heterocycles. The molecule has 0 spiro atoms. The number of amides is 2. The fraction of sp³-hybridized carbons (Fsp3) is 0.533. The Kier molecular flexibility index (Phi) is 7.50. The fourth-order valence-corrected chi connectivity index (χ4v) is 1.64. The van der Waals surface area contributed by atoms with E-state index in [9.17, 15) is 4.79 Å². The first-order chi connectivity index (χ1) is 9.71. The molecule has 1 atom stereocenters. The van der Waals surface area contributed by atoms with Gasteiger partial charge in [0, 0.05) is 0 Å². The Balaban J connectivity index is 2.59. The number of aliphatic hydroxyl groups excluding tert-OH is 1. The van der Waals surface area contributed by atoms with Gasteiger partial charge < -0.3 is 20.5 Å². The van der Waals surface area contributed by atoms with Crippen molar-refractivity contribution in [2.45, 2.75) is 39.2 Å². The first-order valence-electron chi connectivity index (χ1n) is 7.11. The molecular formula is C15H24N2O3. The molecule has 0 saturated carbocycles. The second-order valence-corrected chi connectivity index (χ2v) is 4.58. The topological polar surface area (TPSA) is 70.6 Å². The fourth-order valence-electron chi connectivity index (χ4n) is 1.64. The Hall–Kier alpha value is -1.75. The van der Waals surface area contributed by atoms with Gasteiger partial charge in [0.05, 0.1) is 24.9 Å². The molecule has 0 bridgehead atoms. The smallest absolute Gasteiger partial charge is 0.319 e. The highest BCUT2D eigenvalue weighted by Gasteiger charge is 2.11. The van der Waals surface area contributed by atoms with Crippen molar-refractivity contribution in [1.82, 2.24) is 5.32 Å². The van der Waals surface area contributed by atoms with E-state index in [4.69, 9.17) is 9.84 Å². The molecule has 0 saturated heterocycles. The third kappa shape index (κ3) is 5.48. The number of ether oxygens (including phenoxy) is 1. The highest BCUT2D eigenvalue weighted by atomic mass is 16.5. The molecule has 1 rings (SSSR count). The third-order valence-electron chi connectivity index (χ3n) is 2.94. The van der Waals surface area contributed by atoms with Gasteiger partial charge in [-0.05, 0) is 25.0 Å². The van der Waals surface area contributed by atoms with Crippen LogP contribution in [0.5, 0.6) is 5.75 Å². The van der Waals surface area contributed by atoms with Crippen LogP contribution in [0.25, 0.3) is 0 Å². The molecule has 1 unspecified atom stereocenters. The summed E-state index contributed by atoms with van der Waals surface area (Å²) >= 11 is 0. The summed E-state index contributed by atoms with van der Waals surface area (Å²) in [6.45, 7) is 4.56. The van der Waals surface area contributed by atoms with E-state index in [1.165, 1.54) is 0 Å². The van der Waals surface area contributed by atoms with Gasteiger partial charge in [-0.25, -0.2) is 4.79 Å². The maximum absolute atomic E-state index is 11.8. The lowest BCUT2D eigenvalue weighted by molar-refractivity contribution is 0.222.